The molecule has 1 aromatic heterocycles. The molecule has 0 radical (unpaired) electrons. The molecule has 0 saturated carbocycles. The standard InChI is InChI=1S/C22H23ClN4O3/c1-29-19-7-5-18(6-8-19)26-11-13-27(14-12-26)21(28)10-9-20-24-22(25-30-20)16-3-2-4-17(23)15-16/h2-8,15H,9-14H2,1H3. The van der Waals surface area contributed by atoms with E-state index in [-0.39, 0.29) is 5.91 Å². The van der Waals surface area contributed by atoms with Crippen LogP contribution in [0.4, 0.5) is 5.69 Å². The molecule has 8 heteroatoms. The monoisotopic (exact) mass is 426 g/mol. The highest BCUT2D eigenvalue weighted by molar-refractivity contribution is 6.30. The lowest BCUT2D eigenvalue weighted by Gasteiger charge is -2.36. The van der Waals surface area contributed by atoms with Crippen molar-refractivity contribution in [1.82, 2.24) is 15.0 Å². The van der Waals surface area contributed by atoms with Crippen LogP contribution in [0, 0.1) is 0 Å². The van der Waals surface area contributed by atoms with Crippen LogP contribution in [0.3, 0.4) is 0 Å². The lowest BCUT2D eigenvalue weighted by molar-refractivity contribution is -0.131. The van der Waals surface area contributed by atoms with Crippen molar-refractivity contribution in [3.8, 4) is 17.1 Å². The van der Waals surface area contributed by atoms with E-state index in [0.717, 1.165) is 30.1 Å². The van der Waals surface area contributed by atoms with Crippen molar-refractivity contribution in [2.45, 2.75) is 12.8 Å². The fourth-order valence-electron chi connectivity index (χ4n) is 3.48. The van der Waals surface area contributed by atoms with Crippen LogP contribution >= 0.6 is 11.6 Å². The number of methoxy groups -OCH3 is 1. The summed E-state index contributed by atoms with van der Waals surface area (Å²) in [5.74, 6) is 1.88. The number of hydrogen-bond acceptors (Lipinski definition) is 6. The molecule has 1 saturated heterocycles. The van der Waals surface area contributed by atoms with Gasteiger partial charge in [0.15, 0.2) is 0 Å². The molecule has 0 unspecified atom stereocenters. The number of halogens is 1. The molecule has 0 spiro atoms. The fourth-order valence-corrected chi connectivity index (χ4v) is 3.67. The number of carbonyl (C=O) groups excluding carboxylic acids is 1. The van der Waals surface area contributed by atoms with Gasteiger partial charge in [0.2, 0.25) is 17.6 Å². The Morgan fingerprint density at radius 1 is 1.13 bits per heavy atom. The lowest BCUT2D eigenvalue weighted by atomic mass is 10.2. The average molecular weight is 427 g/mol. The topological polar surface area (TPSA) is 71.7 Å². The Bertz CT molecular complexity index is 998. The number of amides is 1. The third kappa shape index (κ3) is 4.74. The number of piperazine rings is 1. The summed E-state index contributed by atoms with van der Waals surface area (Å²) in [7, 11) is 1.66. The maximum Gasteiger partial charge on any atom is 0.227 e. The molecule has 0 N–H and O–H groups in total. The maximum absolute atomic E-state index is 12.6. The van der Waals surface area contributed by atoms with Crippen molar-refractivity contribution in [2.24, 2.45) is 0 Å². The summed E-state index contributed by atoms with van der Waals surface area (Å²) in [6.07, 6.45) is 0.769. The van der Waals surface area contributed by atoms with Crippen molar-refractivity contribution in [2.75, 3.05) is 38.2 Å². The van der Waals surface area contributed by atoms with Crippen LogP contribution in [-0.2, 0) is 11.2 Å². The normalized spacial score (nSPS) is 14.1. The van der Waals surface area contributed by atoms with Crippen LogP contribution in [0.1, 0.15) is 12.3 Å². The largest absolute Gasteiger partial charge is 0.497 e. The number of anilines is 1. The van der Waals surface area contributed by atoms with Gasteiger partial charge >= 0.3 is 0 Å². The Hall–Kier alpha value is -3.06. The molecule has 30 heavy (non-hydrogen) atoms. The second kappa shape index (κ2) is 9.17. The first-order valence-corrected chi connectivity index (χ1v) is 10.3. The van der Waals surface area contributed by atoms with E-state index in [4.69, 9.17) is 20.9 Å². The number of hydrogen-bond donors (Lipinski definition) is 0. The summed E-state index contributed by atoms with van der Waals surface area (Å²) in [5, 5.41) is 4.60. The molecule has 1 aliphatic heterocycles. The fraction of sp³-hybridized carbons (Fsp3) is 0.318. The third-order valence-corrected chi connectivity index (χ3v) is 5.41. The molecule has 1 amide bonds. The van der Waals surface area contributed by atoms with E-state index < -0.39 is 0 Å². The molecule has 1 aliphatic rings. The number of ether oxygens (including phenoxy) is 1. The Kier molecular flexibility index (Phi) is 6.18. The molecule has 3 aromatic rings. The molecule has 1 fully saturated rings. The van der Waals surface area contributed by atoms with E-state index in [1.165, 1.54) is 0 Å². The van der Waals surface area contributed by atoms with Gasteiger partial charge in [-0.2, -0.15) is 4.98 Å². The average Bonchev–Trinajstić information content (AvgIpc) is 3.27. The minimum atomic E-state index is 0.104. The van der Waals surface area contributed by atoms with Crippen LogP contribution in [0.5, 0.6) is 5.75 Å². The second-order valence-corrected chi connectivity index (χ2v) is 7.52. The Morgan fingerprint density at radius 3 is 2.60 bits per heavy atom. The van der Waals surface area contributed by atoms with E-state index in [2.05, 4.69) is 15.0 Å². The van der Waals surface area contributed by atoms with E-state index in [0.29, 0.717) is 42.7 Å². The zero-order valence-electron chi connectivity index (χ0n) is 16.8. The molecule has 2 aromatic carbocycles. The van der Waals surface area contributed by atoms with Gasteiger partial charge in [0.05, 0.1) is 7.11 Å². The summed E-state index contributed by atoms with van der Waals surface area (Å²) >= 11 is 6.01. The summed E-state index contributed by atoms with van der Waals surface area (Å²) in [5.41, 5.74) is 1.93. The van der Waals surface area contributed by atoms with Gasteiger partial charge in [-0.25, -0.2) is 0 Å². The van der Waals surface area contributed by atoms with Gasteiger partial charge in [0.25, 0.3) is 0 Å². The second-order valence-electron chi connectivity index (χ2n) is 7.09. The summed E-state index contributed by atoms with van der Waals surface area (Å²) in [6, 6.07) is 15.3. The Morgan fingerprint density at radius 2 is 1.90 bits per heavy atom. The maximum atomic E-state index is 12.6. The van der Waals surface area contributed by atoms with Gasteiger partial charge in [0.1, 0.15) is 5.75 Å². The lowest BCUT2D eigenvalue weighted by Crippen LogP contribution is -2.48. The van der Waals surface area contributed by atoms with Gasteiger partial charge in [0, 0.05) is 55.3 Å². The minimum absolute atomic E-state index is 0.104. The number of aromatic nitrogens is 2. The molecule has 0 bridgehead atoms. The smallest absolute Gasteiger partial charge is 0.227 e. The quantitative estimate of drug-likeness (QED) is 0.598. The van der Waals surface area contributed by atoms with E-state index in [1.807, 2.05) is 41.3 Å². The van der Waals surface area contributed by atoms with Crippen LogP contribution < -0.4 is 9.64 Å². The van der Waals surface area contributed by atoms with Crippen molar-refractivity contribution in [3.05, 3.63) is 59.4 Å². The summed E-state index contributed by atoms with van der Waals surface area (Å²) < 4.78 is 10.5. The van der Waals surface area contributed by atoms with Gasteiger partial charge < -0.3 is 19.1 Å². The summed E-state index contributed by atoms with van der Waals surface area (Å²) in [4.78, 5) is 21.2. The Labute approximate surface area is 180 Å². The molecule has 0 atom stereocenters. The van der Waals surface area contributed by atoms with Gasteiger partial charge in [-0.3, -0.25) is 4.79 Å². The first-order chi connectivity index (χ1) is 14.6. The SMILES string of the molecule is COc1ccc(N2CCN(C(=O)CCc3nc(-c4cccc(Cl)c4)no3)CC2)cc1. The predicted molar refractivity (Wildman–Crippen MR) is 115 cm³/mol. The molecular formula is C22H23ClN4O3. The van der Waals surface area contributed by atoms with Gasteiger partial charge in [-0.15, -0.1) is 0 Å². The van der Waals surface area contributed by atoms with Crippen LogP contribution in [0.15, 0.2) is 53.1 Å². The molecule has 156 valence electrons. The predicted octanol–water partition coefficient (Wildman–Crippen LogP) is 3.68. The number of carbonyl (C=O) groups is 1. The van der Waals surface area contributed by atoms with E-state index in [1.54, 1.807) is 19.2 Å². The molecular weight excluding hydrogens is 404 g/mol. The highest BCUT2D eigenvalue weighted by Crippen LogP contribution is 2.22. The van der Waals surface area contributed by atoms with Gasteiger partial charge in [-0.05, 0) is 36.4 Å². The van der Waals surface area contributed by atoms with Crippen molar-refractivity contribution in [3.63, 3.8) is 0 Å². The molecule has 4 rings (SSSR count). The van der Waals surface area contributed by atoms with Gasteiger partial charge in [-0.1, -0.05) is 28.9 Å². The number of aryl methyl sites for hydroxylation is 1. The zero-order valence-corrected chi connectivity index (χ0v) is 17.5. The molecule has 0 aliphatic carbocycles. The first-order valence-electron chi connectivity index (χ1n) is 9.87. The first kappa shape index (κ1) is 20.2. The van der Waals surface area contributed by atoms with Crippen LogP contribution in [0.25, 0.3) is 11.4 Å². The number of benzene rings is 2. The summed E-state index contributed by atoms with van der Waals surface area (Å²) in [6.45, 7) is 3.00. The van der Waals surface area contributed by atoms with Crippen LogP contribution in [0.2, 0.25) is 5.02 Å². The Balaban J connectivity index is 1.27. The molecule has 2 heterocycles. The minimum Gasteiger partial charge on any atom is -0.497 e. The third-order valence-electron chi connectivity index (χ3n) is 5.17. The van der Waals surface area contributed by atoms with E-state index in [9.17, 15) is 4.79 Å². The van der Waals surface area contributed by atoms with Crippen molar-refractivity contribution >= 4 is 23.2 Å². The van der Waals surface area contributed by atoms with E-state index >= 15 is 0 Å². The highest BCUT2D eigenvalue weighted by atomic mass is 35.5. The number of nitrogens with zero attached hydrogens (tertiary/aromatic N) is 4. The zero-order chi connectivity index (χ0) is 20.9. The highest BCUT2D eigenvalue weighted by Gasteiger charge is 2.22. The van der Waals surface area contributed by atoms with Crippen molar-refractivity contribution in [1.29, 1.82) is 0 Å². The van der Waals surface area contributed by atoms with Crippen molar-refractivity contribution < 1.29 is 14.1 Å². The van der Waals surface area contributed by atoms with Crippen LogP contribution in [-0.4, -0.2) is 54.2 Å². The molecule has 7 nitrogen and oxygen atoms in total. The number of rotatable bonds is 6.